The van der Waals surface area contributed by atoms with Crippen molar-refractivity contribution in [3.63, 3.8) is 0 Å². The summed E-state index contributed by atoms with van der Waals surface area (Å²) in [7, 11) is 0. The number of nitrogens with zero attached hydrogens (tertiary/aromatic N) is 3. The van der Waals surface area contributed by atoms with Crippen molar-refractivity contribution in [3.8, 4) is 0 Å². The molecular weight excluding hydrogens is 486 g/mol. The molecule has 0 atom stereocenters. The zero-order chi connectivity index (χ0) is 24.8. The Labute approximate surface area is 213 Å². The number of rotatable bonds is 7. The largest absolute Gasteiger partial charge is 0.445 e. The number of ether oxygens (including phenoxy) is 1. The number of carbonyl (C=O) groups excluding carboxylic acids is 1. The summed E-state index contributed by atoms with van der Waals surface area (Å²) >= 11 is 7.72. The van der Waals surface area contributed by atoms with E-state index < -0.39 is 4.92 Å². The van der Waals surface area contributed by atoms with Gasteiger partial charge >= 0.3 is 6.09 Å². The van der Waals surface area contributed by atoms with Gasteiger partial charge < -0.3 is 9.64 Å². The van der Waals surface area contributed by atoms with Crippen LogP contribution >= 0.6 is 23.4 Å². The highest BCUT2D eigenvalue weighted by atomic mass is 35.5. The van der Waals surface area contributed by atoms with Crippen LogP contribution in [0.4, 0.5) is 10.5 Å². The van der Waals surface area contributed by atoms with Crippen LogP contribution < -0.4 is 0 Å². The Hall–Kier alpha value is -3.07. The van der Waals surface area contributed by atoms with Crippen LogP contribution in [0.1, 0.15) is 16.7 Å². The Bertz CT molecular complexity index is 1200. The molecule has 1 aliphatic rings. The summed E-state index contributed by atoms with van der Waals surface area (Å²) in [4.78, 5) is 29.5. The van der Waals surface area contributed by atoms with Gasteiger partial charge in [-0.2, -0.15) is 0 Å². The average Bonchev–Trinajstić information content (AvgIpc) is 2.85. The molecule has 0 radical (unpaired) electrons. The fourth-order valence-electron chi connectivity index (χ4n) is 3.94. The lowest BCUT2D eigenvalue weighted by Gasteiger charge is -2.34. The Morgan fingerprint density at radius 2 is 1.77 bits per heavy atom. The highest BCUT2D eigenvalue weighted by Crippen LogP contribution is 2.32. The molecule has 1 saturated heterocycles. The molecule has 4 rings (SSSR count). The van der Waals surface area contributed by atoms with Gasteiger partial charge in [-0.25, -0.2) is 4.79 Å². The SMILES string of the molecule is Cc1cc(COC(=O)N2CCN(Cc3ccccc3Sc3ccc(Cl)cc3)CC2)ccc1[N+](=O)[O-]. The van der Waals surface area contributed by atoms with E-state index in [9.17, 15) is 14.9 Å². The maximum atomic E-state index is 12.5. The fourth-order valence-corrected chi connectivity index (χ4v) is 5.00. The first kappa shape index (κ1) is 25.0. The number of benzene rings is 3. The summed E-state index contributed by atoms with van der Waals surface area (Å²) in [5.74, 6) is 0. The van der Waals surface area contributed by atoms with E-state index >= 15 is 0 Å². The molecule has 182 valence electrons. The third-order valence-corrected chi connectivity index (χ3v) is 7.24. The van der Waals surface area contributed by atoms with Crippen LogP contribution in [0.15, 0.2) is 76.5 Å². The number of amides is 1. The first-order valence-electron chi connectivity index (χ1n) is 11.3. The Morgan fingerprint density at radius 3 is 2.46 bits per heavy atom. The first-order chi connectivity index (χ1) is 16.9. The molecule has 1 aliphatic heterocycles. The van der Waals surface area contributed by atoms with Gasteiger partial charge in [0.1, 0.15) is 6.61 Å². The van der Waals surface area contributed by atoms with Crippen LogP contribution in [0.5, 0.6) is 0 Å². The fraction of sp³-hybridized carbons (Fsp3) is 0.269. The van der Waals surface area contributed by atoms with Gasteiger partial charge in [0.15, 0.2) is 0 Å². The highest BCUT2D eigenvalue weighted by Gasteiger charge is 2.23. The molecule has 0 bridgehead atoms. The molecule has 0 aliphatic carbocycles. The summed E-state index contributed by atoms with van der Waals surface area (Å²) in [6.45, 7) is 5.26. The molecule has 1 amide bonds. The molecule has 0 unspecified atom stereocenters. The van der Waals surface area contributed by atoms with Crippen LogP contribution in [0.3, 0.4) is 0 Å². The molecule has 0 spiro atoms. The second-order valence-electron chi connectivity index (χ2n) is 8.36. The van der Waals surface area contributed by atoms with Crippen LogP contribution in [-0.2, 0) is 17.9 Å². The van der Waals surface area contributed by atoms with Crippen molar-refractivity contribution >= 4 is 35.1 Å². The van der Waals surface area contributed by atoms with Crippen molar-refractivity contribution in [2.24, 2.45) is 0 Å². The number of nitro groups is 1. The van der Waals surface area contributed by atoms with E-state index in [1.807, 2.05) is 30.3 Å². The zero-order valence-corrected chi connectivity index (χ0v) is 20.9. The number of halogens is 1. The van der Waals surface area contributed by atoms with Gasteiger partial charge in [0.05, 0.1) is 4.92 Å². The number of aryl methyl sites for hydroxylation is 1. The second kappa shape index (κ2) is 11.6. The number of nitro benzene ring substituents is 1. The summed E-state index contributed by atoms with van der Waals surface area (Å²) in [6, 6.07) is 20.9. The summed E-state index contributed by atoms with van der Waals surface area (Å²) in [5.41, 5.74) is 2.59. The number of hydrogen-bond donors (Lipinski definition) is 0. The van der Waals surface area contributed by atoms with Gasteiger partial charge in [0.25, 0.3) is 5.69 Å². The van der Waals surface area contributed by atoms with Crippen LogP contribution in [0.2, 0.25) is 5.02 Å². The quantitative estimate of drug-likeness (QED) is 0.279. The van der Waals surface area contributed by atoms with E-state index in [-0.39, 0.29) is 18.4 Å². The minimum atomic E-state index is -0.417. The lowest BCUT2D eigenvalue weighted by Crippen LogP contribution is -2.48. The Balaban J connectivity index is 1.27. The maximum Gasteiger partial charge on any atom is 0.410 e. The van der Waals surface area contributed by atoms with E-state index in [2.05, 4.69) is 23.1 Å². The first-order valence-corrected chi connectivity index (χ1v) is 12.5. The summed E-state index contributed by atoms with van der Waals surface area (Å²) < 4.78 is 5.46. The van der Waals surface area contributed by atoms with Crippen LogP contribution in [-0.4, -0.2) is 47.0 Å². The standard InChI is InChI=1S/C26H26ClN3O4S/c1-19-16-20(6-11-24(19)30(32)33)18-34-26(31)29-14-12-28(13-15-29)17-21-4-2-3-5-25(21)35-23-9-7-22(27)8-10-23/h2-11,16H,12-15,17-18H2,1H3. The predicted octanol–water partition coefficient (Wildman–Crippen LogP) is 6.16. The smallest absolute Gasteiger partial charge is 0.410 e. The molecule has 0 aromatic heterocycles. The van der Waals surface area contributed by atoms with Gasteiger partial charge in [-0.1, -0.05) is 41.6 Å². The monoisotopic (exact) mass is 511 g/mol. The minimum absolute atomic E-state index is 0.0596. The van der Waals surface area contributed by atoms with Crippen LogP contribution in [0.25, 0.3) is 0 Å². The predicted molar refractivity (Wildman–Crippen MR) is 137 cm³/mol. The van der Waals surface area contributed by atoms with Gasteiger partial charge in [-0.3, -0.25) is 15.0 Å². The zero-order valence-electron chi connectivity index (χ0n) is 19.4. The summed E-state index contributed by atoms with van der Waals surface area (Å²) in [6.07, 6.45) is -0.362. The third-order valence-electron chi connectivity index (χ3n) is 5.86. The lowest BCUT2D eigenvalue weighted by atomic mass is 10.1. The minimum Gasteiger partial charge on any atom is -0.445 e. The molecule has 7 nitrogen and oxygen atoms in total. The number of piperazine rings is 1. The number of carbonyl (C=O) groups is 1. The molecule has 3 aromatic rings. The topological polar surface area (TPSA) is 75.9 Å². The van der Waals surface area contributed by atoms with E-state index in [1.165, 1.54) is 16.5 Å². The van der Waals surface area contributed by atoms with Gasteiger partial charge in [-0.15, -0.1) is 0 Å². The average molecular weight is 512 g/mol. The molecule has 0 N–H and O–H groups in total. The van der Waals surface area contributed by atoms with E-state index in [1.54, 1.807) is 35.7 Å². The van der Waals surface area contributed by atoms with Crippen molar-refractivity contribution in [1.82, 2.24) is 9.80 Å². The van der Waals surface area contributed by atoms with E-state index in [0.29, 0.717) is 18.7 Å². The molecule has 0 saturated carbocycles. The molecule has 35 heavy (non-hydrogen) atoms. The molecule has 9 heteroatoms. The van der Waals surface area contributed by atoms with Gasteiger partial charge in [0.2, 0.25) is 0 Å². The van der Waals surface area contributed by atoms with E-state index in [4.69, 9.17) is 16.3 Å². The normalized spacial score (nSPS) is 14.1. The highest BCUT2D eigenvalue weighted by molar-refractivity contribution is 7.99. The third kappa shape index (κ3) is 6.75. The Morgan fingerprint density at radius 1 is 1.06 bits per heavy atom. The van der Waals surface area contributed by atoms with Crippen LogP contribution in [0, 0.1) is 17.0 Å². The summed E-state index contributed by atoms with van der Waals surface area (Å²) in [5, 5.41) is 11.7. The van der Waals surface area contributed by atoms with Crippen molar-refractivity contribution in [1.29, 1.82) is 0 Å². The molecule has 3 aromatic carbocycles. The molecule has 1 heterocycles. The van der Waals surface area contributed by atoms with Crippen molar-refractivity contribution in [2.45, 2.75) is 29.9 Å². The van der Waals surface area contributed by atoms with Crippen molar-refractivity contribution in [3.05, 3.63) is 98.6 Å². The number of hydrogen-bond acceptors (Lipinski definition) is 6. The van der Waals surface area contributed by atoms with Crippen molar-refractivity contribution < 1.29 is 14.5 Å². The van der Waals surface area contributed by atoms with Gasteiger partial charge in [0, 0.05) is 59.2 Å². The molecule has 1 fully saturated rings. The molecular formula is C26H26ClN3O4S. The lowest BCUT2D eigenvalue weighted by molar-refractivity contribution is -0.385. The Kier molecular flexibility index (Phi) is 8.28. The van der Waals surface area contributed by atoms with E-state index in [0.717, 1.165) is 35.1 Å². The van der Waals surface area contributed by atoms with Crippen molar-refractivity contribution in [2.75, 3.05) is 26.2 Å². The van der Waals surface area contributed by atoms with Gasteiger partial charge in [-0.05, 0) is 60.5 Å². The second-order valence-corrected chi connectivity index (χ2v) is 9.91. The maximum absolute atomic E-state index is 12.5.